The molecule has 6 heteroatoms. The highest BCUT2D eigenvalue weighted by Crippen LogP contribution is 2.26. The van der Waals surface area contributed by atoms with Crippen LogP contribution in [0.2, 0.25) is 5.02 Å². The fraction of sp³-hybridized carbons (Fsp3) is 0.467. The van der Waals surface area contributed by atoms with Gasteiger partial charge in [0.25, 0.3) is 5.91 Å². The third kappa shape index (κ3) is 5.63. The minimum Gasteiger partial charge on any atom is -0.479 e. The zero-order valence-electron chi connectivity index (χ0n) is 12.4. The summed E-state index contributed by atoms with van der Waals surface area (Å²) in [6.07, 6.45) is 0.192. The maximum absolute atomic E-state index is 11.8. The molecule has 0 aliphatic heterocycles. The van der Waals surface area contributed by atoms with Gasteiger partial charge >= 0.3 is 5.97 Å². The first kappa shape index (κ1) is 17.3. The molecule has 0 spiro atoms. The van der Waals surface area contributed by atoms with Crippen LogP contribution in [0.15, 0.2) is 18.2 Å². The molecule has 0 saturated carbocycles. The van der Waals surface area contributed by atoms with E-state index in [2.05, 4.69) is 19.2 Å². The minimum atomic E-state index is -1.07. The second-order valence-corrected chi connectivity index (χ2v) is 5.59. The van der Waals surface area contributed by atoms with Crippen molar-refractivity contribution in [2.75, 3.05) is 6.54 Å². The number of carbonyl (C=O) groups is 2. The molecule has 21 heavy (non-hydrogen) atoms. The lowest BCUT2D eigenvalue weighted by atomic mass is 10.1. The van der Waals surface area contributed by atoms with Crippen LogP contribution in [-0.2, 0) is 4.79 Å². The first-order valence-corrected chi connectivity index (χ1v) is 7.16. The van der Waals surface area contributed by atoms with Gasteiger partial charge in [0, 0.05) is 6.54 Å². The van der Waals surface area contributed by atoms with Crippen molar-refractivity contribution in [2.24, 2.45) is 5.92 Å². The minimum absolute atomic E-state index is 0.0707. The average molecular weight is 314 g/mol. The zero-order valence-corrected chi connectivity index (χ0v) is 13.1. The summed E-state index contributed by atoms with van der Waals surface area (Å²) in [6, 6.07) is 4.12. The summed E-state index contributed by atoms with van der Waals surface area (Å²) < 4.78 is 5.46. The number of halogens is 1. The number of carboxylic acids is 1. The topological polar surface area (TPSA) is 75.6 Å². The molecule has 1 aromatic carbocycles. The quantitative estimate of drug-likeness (QED) is 0.811. The lowest BCUT2D eigenvalue weighted by Gasteiger charge is -2.16. The molecule has 0 bridgehead atoms. The SMILES string of the molecule is CC(C)CCNC(=O)C(C)Oc1ccc(C(=O)O)cc1Cl. The zero-order chi connectivity index (χ0) is 16.0. The number of hydrogen-bond acceptors (Lipinski definition) is 3. The van der Waals surface area contributed by atoms with Crippen LogP contribution in [0.4, 0.5) is 0 Å². The summed E-state index contributed by atoms with van der Waals surface area (Å²) in [7, 11) is 0. The number of carbonyl (C=O) groups excluding carboxylic acids is 1. The third-order valence-corrected chi connectivity index (χ3v) is 3.17. The Bertz CT molecular complexity index is 516. The Labute approximate surface area is 129 Å². The number of benzene rings is 1. The molecule has 0 fully saturated rings. The predicted octanol–water partition coefficient (Wildman–Crippen LogP) is 2.97. The monoisotopic (exact) mass is 313 g/mol. The van der Waals surface area contributed by atoms with Gasteiger partial charge in [-0.1, -0.05) is 25.4 Å². The van der Waals surface area contributed by atoms with Gasteiger partial charge < -0.3 is 15.2 Å². The molecule has 1 aromatic rings. The van der Waals surface area contributed by atoms with Crippen molar-refractivity contribution in [3.05, 3.63) is 28.8 Å². The summed E-state index contributed by atoms with van der Waals surface area (Å²) in [5.74, 6) is -0.496. The fourth-order valence-corrected chi connectivity index (χ4v) is 1.83. The Balaban J connectivity index is 2.60. The largest absolute Gasteiger partial charge is 0.479 e. The molecule has 0 radical (unpaired) electrons. The summed E-state index contributed by atoms with van der Waals surface area (Å²) in [4.78, 5) is 22.6. The molecule has 0 aromatic heterocycles. The van der Waals surface area contributed by atoms with Crippen molar-refractivity contribution in [3.8, 4) is 5.75 Å². The first-order chi connectivity index (χ1) is 9.81. The molecule has 2 N–H and O–H groups in total. The van der Waals surface area contributed by atoms with E-state index in [9.17, 15) is 9.59 Å². The van der Waals surface area contributed by atoms with E-state index in [-0.39, 0.29) is 22.2 Å². The Kier molecular flexibility index (Phi) is 6.49. The van der Waals surface area contributed by atoms with Gasteiger partial charge in [0.1, 0.15) is 5.75 Å². The molecular weight excluding hydrogens is 294 g/mol. The van der Waals surface area contributed by atoms with Crippen molar-refractivity contribution >= 4 is 23.5 Å². The highest BCUT2D eigenvalue weighted by atomic mass is 35.5. The maximum atomic E-state index is 11.8. The molecule has 0 heterocycles. The molecular formula is C15H20ClNO4. The van der Waals surface area contributed by atoms with Crippen LogP contribution in [0, 0.1) is 5.92 Å². The van der Waals surface area contributed by atoms with Gasteiger partial charge in [0.2, 0.25) is 0 Å². The van der Waals surface area contributed by atoms with Crippen LogP contribution in [0.3, 0.4) is 0 Å². The van der Waals surface area contributed by atoms with E-state index >= 15 is 0 Å². The molecule has 1 rings (SSSR count). The second-order valence-electron chi connectivity index (χ2n) is 5.18. The van der Waals surface area contributed by atoms with E-state index in [4.69, 9.17) is 21.4 Å². The predicted molar refractivity (Wildman–Crippen MR) is 81.0 cm³/mol. The van der Waals surface area contributed by atoms with Crippen molar-refractivity contribution in [1.29, 1.82) is 0 Å². The molecule has 5 nitrogen and oxygen atoms in total. The lowest BCUT2D eigenvalue weighted by molar-refractivity contribution is -0.127. The normalized spacial score (nSPS) is 12.0. The van der Waals surface area contributed by atoms with E-state index in [1.807, 2.05) is 0 Å². The van der Waals surface area contributed by atoms with Crippen LogP contribution in [-0.4, -0.2) is 29.6 Å². The van der Waals surface area contributed by atoms with Crippen molar-refractivity contribution in [2.45, 2.75) is 33.3 Å². The first-order valence-electron chi connectivity index (χ1n) is 6.78. The molecule has 1 amide bonds. The van der Waals surface area contributed by atoms with Crippen molar-refractivity contribution < 1.29 is 19.4 Å². The van der Waals surface area contributed by atoms with E-state index in [1.165, 1.54) is 18.2 Å². The summed E-state index contributed by atoms with van der Waals surface area (Å²) in [5.41, 5.74) is 0.0707. The van der Waals surface area contributed by atoms with E-state index in [1.54, 1.807) is 6.92 Å². The van der Waals surface area contributed by atoms with Crippen LogP contribution in [0.1, 0.15) is 37.6 Å². The second kappa shape index (κ2) is 7.88. The van der Waals surface area contributed by atoms with E-state index in [0.29, 0.717) is 12.5 Å². The highest BCUT2D eigenvalue weighted by molar-refractivity contribution is 6.32. The van der Waals surface area contributed by atoms with E-state index in [0.717, 1.165) is 6.42 Å². The molecule has 0 aliphatic carbocycles. The van der Waals surface area contributed by atoms with Gasteiger partial charge in [-0.2, -0.15) is 0 Å². The smallest absolute Gasteiger partial charge is 0.335 e. The Hall–Kier alpha value is -1.75. The number of aromatic carboxylic acids is 1. The molecule has 0 aliphatic rings. The fourth-order valence-electron chi connectivity index (χ4n) is 1.60. The molecule has 0 saturated heterocycles. The Morgan fingerprint density at radius 1 is 1.33 bits per heavy atom. The number of carboxylic acid groups (broad SMARTS) is 1. The molecule has 1 atom stereocenters. The number of ether oxygens (including phenoxy) is 1. The van der Waals surface area contributed by atoms with Gasteiger partial charge in [0.05, 0.1) is 10.6 Å². The average Bonchev–Trinajstić information content (AvgIpc) is 2.40. The summed E-state index contributed by atoms with van der Waals surface area (Å²) in [6.45, 7) is 6.37. The highest BCUT2D eigenvalue weighted by Gasteiger charge is 2.16. The lowest BCUT2D eigenvalue weighted by Crippen LogP contribution is -2.37. The van der Waals surface area contributed by atoms with Gasteiger partial charge in [-0.15, -0.1) is 0 Å². The number of hydrogen-bond donors (Lipinski definition) is 2. The number of amides is 1. The van der Waals surface area contributed by atoms with Gasteiger partial charge in [0.15, 0.2) is 6.10 Å². The van der Waals surface area contributed by atoms with Crippen molar-refractivity contribution in [3.63, 3.8) is 0 Å². The van der Waals surface area contributed by atoms with Crippen LogP contribution < -0.4 is 10.1 Å². The van der Waals surface area contributed by atoms with Gasteiger partial charge in [-0.25, -0.2) is 4.79 Å². The van der Waals surface area contributed by atoms with Crippen LogP contribution in [0.5, 0.6) is 5.75 Å². The Morgan fingerprint density at radius 3 is 2.52 bits per heavy atom. The molecule has 116 valence electrons. The van der Waals surface area contributed by atoms with Crippen LogP contribution >= 0.6 is 11.6 Å². The molecule has 1 unspecified atom stereocenters. The summed E-state index contributed by atoms with van der Waals surface area (Å²) >= 11 is 5.95. The standard InChI is InChI=1S/C15H20ClNO4/c1-9(2)6-7-17-14(18)10(3)21-13-5-4-11(15(19)20)8-12(13)16/h4-5,8-10H,6-7H2,1-3H3,(H,17,18)(H,19,20). The van der Waals surface area contributed by atoms with Gasteiger partial charge in [-0.05, 0) is 37.5 Å². The third-order valence-electron chi connectivity index (χ3n) is 2.87. The number of nitrogens with one attached hydrogen (secondary N) is 1. The van der Waals surface area contributed by atoms with Gasteiger partial charge in [-0.3, -0.25) is 4.79 Å². The Morgan fingerprint density at radius 2 is 2.00 bits per heavy atom. The van der Waals surface area contributed by atoms with E-state index < -0.39 is 12.1 Å². The summed E-state index contributed by atoms with van der Waals surface area (Å²) in [5, 5.41) is 11.8. The van der Waals surface area contributed by atoms with Crippen LogP contribution in [0.25, 0.3) is 0 Å². The number of rotatable bonds is 7. The maximum Gasteiger partial charge on any atom is 0.335 e. The van der Waals surface area contributed by atoms with Crippen molar-refractivity contribution in [1.82, 2.24) is 5.32 Å².